The van der Waals surface area contributed by atoms with Crippen molar-refractivity contribution in [3.05, 3.63) is 28.8 Å². The Morgan fingerprint density at radius 2 is 1.41 bits per heavy atom. The average Bonchev–Trinajstić information content (AvgIpc) is 2.26. The second-order valence-corrected chi connectivity index (χ2v) is 5.18. The standard InChI is InChI=1S/C15H24O2/c1-9(2)12-7-8-13(10(3)4)15(17-6)14(12)11(5)16/h7-11,16H,1-6H3. The van der Waals surface area contributed by atoms with E-state index < -0.39 is 6.10 Å². The maximum atomic E-state index is 9.99. The van der Waals surface area contributed by atoms with Gasteiger partial charge in [-0.05, 0) is 29.9 Å². The monoisotopic (exact) mass is 236 g/mol. The summed E-state index contributed by atoms with van der Waals surface area (Å²) in [7, 11) is 1.68. The van der Waals surface area contributed by atoms with Gasteiger partial charge in [-0.15, -0.1) is 0 Å². The molecule has 0 aliphatic rings. The van der Waals surface area contributed by atoms with Crippen molar-refractivity contribution in [3.63, 3.8) is 0 Å². The molecule has 0 saturated heterocycles. The summed E-state index contributed by atoms with van der Waals surface area (Å²) in [6.07, 6.45) is -0.499. The summed E-state index contributed by atoms with van der Waals surface area (Å²) in [5.41, 5.74) is 3.27. The SMILES string of the molecule is COc1c(C(C)C)ccc(C(C)C)c1C(C)O. The van der Waals surface area contributed by atoms with Crippen molar-refractivity contribution in [1.29, 1.82) is 0 Å². The normalized spacial score (nSPS) is 13.2. The predicted octanol–water partition coefficient (Wildman–Crippen LogP) is 4.00. The third-order valence-electron chi connectivity index (χ3n) is 3.13. The van der Waals surface area contributed by atoms with Crippen LogP contribution in [-0.4, -0.2) is 12.2 Å². The third kappa shape index (κ3) is 2.81. The Morgan fingerprint density at radius 3 is 1.76 bits per heavy atom. The van der Waals surface area contributed by atoms with Crippen molar-refractivity contribution in [3.8, 4) is 5.75 Å². The zero-order valence-corrected chi connectivity index (χ0v) is 11.7. The zero-order chi connectivity index (χ0) is 13.2. The number of methoxy groups -OCH3 is 1. The van der Waals surface area contributed by atoms with Crippen LogP contribution in [-0.2, 0) is 0 Å². The van der Waals surface area contributed by atoms with Crippen molar-refractivity contribution in [2.24, 2.45) is 0 Å². The van der Waals surface area contributed by atoms with Crippen LogP contribution in [0.5, 0.6) is 5.75 Å². The van der Waals surface area contributed by atoms with Crippen molar-refractivity contribution in [1.82, 2.24) is 0 Å². The van der Waals surface area contributed by atoms with E-state index in [2.05, 4.69) is 39.8 Å². The lowest BCUT2D eigenvalue weighted by atomic mass is 9.88. The highest BCUT2D eigenvalue weighted by atomic mass is 16.5. The van der Waals surface area contributed by atoms with Crippen LogP contribution < -0.4 is 4.74 Å². The molecule has 0 aliphatic carbocycles. The van der Waals surface area contributed by atoms with E-state index in [4.69, 9.17) is 4.74 Å². The molecule has 0 bridgehead atoms. The number of ether oxygens (including phenoxy) is 1. The molecule has 1 aromatic carbocycles. The summed E-state index contributed by atoms with van der Waals surface area (Å²) in [6, 6.07) is 4.23. The van der Waals surface area contributed by atoms with Crippen molar-refractivity contribution >= 4 is 0 Å². The second-order valence-electron chi connectivity index (χ2n) is 5.18. The second kappa shape index (κ2) is 5.54. The van der Waals surface area contributed by atoms with Gasteiger partial charge in [-0.1, -0.05) is 39.8 Å². The molecule has 1 aromatic rings. The average molecular weight is 236 g/mol. The number of hydrogen-bond donors (Lipinski definition) is 1. The van der Waals surface area contributed by atoms with Gasteiger partial charge in [0.2, 0.25) is 0 Å². The quantitative estimate of drug-likeness (QED) is 0.856. The third-order valence-corrected chi connectivity index (χ3v) is 3.13. The van der Waals surface area contributed by atoms with Gasteiger partial charge >= 0.3 is 0 Å². The molecule has 2 nitrogen and oxygen atoms in total. The molecule has 2 heteroatoms. The molecule has 96 valence electrons. The molecule has 1 unspecified atom stereocenters. The molecule has 17 heavy (non-hydrogen) atoms. The van der Waals surface area contributed by atoms with Crippen molar-refractivity contribution < 1.29 is 9.84 Å². The maximum absolute atomic E-state index is 9.99. The van der Waals surface area contributed by atoms with Gasteiger partial charge in [-0.3, -0.25) is 0 Å². The summed E-state index contributed by atoms with van der Waals surface area (Å²) < 4.78 is 5.53. The highest BCUT2D eigenvalue weighted by Crippen LogP contribution is 2.38. The summed E-state index contributed by atoms with van der Waals surface area (Å²) in [5.74, 6) is 1.62. The van der Waals surface area contributed by atoms with Crippen LogP contribution >= 0.6 is 0 Å². The van der Waals surface area contributed by atoms with Gasteiger partial charge in [0, 0.05) is 5.56 Å². The molecule has 1 N–H and O–H groups in total. The molecule has 0 spiro atoms. The first-order chi connectivity index (χ1) is 7.90. The van der Waals surface area contributed by atoms with E-state index in [0.717, 1.165) is 16.9 Å². The number of benzene rings is 1. The molecule has 0 aromatic heterocycles. The molecule has 0 fully saturated rings. The minimum atomic E-state index is -0.499. The lowest BCUT2D eigenvalue weighted by molar-refractivity contribution is 0.192. The van der Waals surface area contributed by atoms with Gasteiger partial charge in [0.05, 0.1) is 13.2 Å². The Morgan fingerprint density at radius 1 is 0.941 bits per heavy atom. The van der Waals surface area contributed by atoms with E-state index in [0.29, 0.717) is 11.8 Å². The Balaban J connectivity index is 3.50. The molecule has 0 radical (unpaired) electrons. The van der Waals surface area contributed by atoms with Crippen LogP contribution in [0, 0.1) is 0 Å². The lowest BCUT2D eigenvalue weighted by Crippen LogP contribution is -2.07. The maximum Gasteiger partial charge on any atom is 0.128 e. The highest BCUT2D eigenvalue weighted by molar-refractivity contribution is 5.50. The van der Waals surface area contributed by atoms with Crippen LogP contribution in [0.3, 0.4) is 0 Å². The molecular weight excluding hydrogens is 212 g/mol. The minimum absolute atomic E-state index is 0.384. The first-order valence-electron chi connectivity index (χ1n) is 6.28. The number of hydrogen-bond acceptors (Lipinski definition) is 2. The molecule has 0 saturated carbocycles. The first kappa shape index (κ1) is 14.0. The van der Waals surface area contributed by atoms with Crippen LogP contribution in [0.1, 0.15) is 69.2 Å². The number of rotatable bonds is 4. The lowest BCUT2D eigenvalue weighted by Gasteiger charge is -2.22. The van der Waals surface area contributed by atoms with Gasteiger partial charge in [0.15, 0.2) is 0 Å². The molecule has 1 rings (SSSR count). The van der Waals surface area contributed by atoms with E-state index in [1.54, 1.807) is 14.0 Å². The Hall–Kier alpha value is -1.02. The molecule has 1 atom stereocenters. The van der Waals surface area contributed by atoms with E-state index >= 15 is 0 Å². The summed E-state index contributed by atoms with van der Waals surface area (Å²) in [5, 5.41) is 9.99. The van der Waals surface area contributed by atoms with E-state index in [9.17, 15) is 5.11 Å². The minimum Gasteiger partial charge on any atom is -0.496 e. The van der Waals surface area contributed by atoms with Gasteiger partial charge in [0.25, 0.3) is 0 Å². The highest BCUT2D eigenvalue weighted by Gasteiger charge is 2.20. The Bertz CT molecular complexity index is 379. The first-order valence-corrected chi connectivity index (χ1v) is 6.28. The smallest absolute Gasteiger partial charge is 0.128 e. The number of aliphatic hydroxyl groups is 1. The van der Waals surface area contributed by atoms with Crippen LogP contribution in [0.15, 0.2) is 12.1 Å². The van der Waals surface area contributed by atoms with Crippen LogP contribution in [0.25, 0.3) is 0 Å². The summed E-state index contributed by atoms with van der Waals surface area (Å²) >= 11 is 0. The Labute approximate surface area is 105 Å². The van der Waals surface area contributed by atoms with E-state index in [1.807, 2.05) is 0 Å². The largest absolute Gasteiger partial charge is 0.496 e. The van der Waals surface area contributed by atoms with Gasteiger partial charge in [0.1, 0.15) is 5.75 Å². The molecular formula is C15H24O2. The molecule has 0 aliphatic heterocycles. The van der Waals surface area contributed by atoms with Crippen molar-refractivity contribution in [2.45, 2.75) is 52.6 Å². The molecule has 0 heterocycles. The fourth-order valence-corrected chi connectivity index (χ4v) is 2.25. The fourth-order valence-electron chi connectivity index (χ4n) is 2.25. The van der Waals surface area contributed by atoms with Crippen LogP contribution in [0.4, 0.5) is 0 Å². The predicted molar refractivity (Wildman–Crippen MR) is 71.8 cm³/mol. The van der Waals surface area contributed by atoms with Gasteiger partial charge < -0.3 is 9.84 Å². The summed E-state index contributed by atoms with van der Waals surface area (Å²) in [6.45, 7) is 10.3. The fraction of sp³-hybridized carbons (Fsp3) is 0.600. The van der Waals surface area contributed by atoms with Crippen LogP contribution in [0.2, 0.25) is 0 Å². The van der Waals surface area contributed by atoms with E-state index in [1.165, 1.54) is 5.56 Å². The zero-order valence-electron chi connectivity index (χ0n) is 11.7. The van der Waals surface area contributed by atoms with E-state index in [-0.39, 0.29) is 0 Å². The number of aliphatic hydroxyl groups excluding tert-OH is 1. The summed E-state index contributed by atoms with van der Waals surface area (Å²) in [4.78, 5) is 0. The van der Waals surface area contributed by atoms with Gasteiger partial charge in [-0.25, -0.2) is 0 Å². The van der Waals surface area contributed by atoms with Gasteiger partial charge in [-0.2, -0.15) is 0 Å². The molecule has 0 amide bonds. The van der Waals surface area contributed by atoms with Crippen molar-refractivity contribution in [2.75, 3.05) is 7.11 Å². The Kier molecular flexibility index (Phi) is 4.58. The topological polar surface area (TPSA) is 29.5 Å².